The van der Waals surface area contributed by atoms with Gasteiger partial charge < -0.3 is 10.2 Å². The number of halogens is 1. The molecule has 6 heteroatoms. The van der Waals surface area contributed by atoms with E-state index in [1.165, 1.54) is 0 Å². The number of nitrogens with one attached hydrogen (secondary N) is 1. The Balaban J connectivity index is 1.46. The maximum absolute atomic E-state index is 12.4. The topological polar surface area (TPSA) is 62.3 Å². The first kappa shape index (κ1) is 17.6. The third-order valence-corrected chi connectivity index (χ3v) is 4.94. The lowest BCUT2D eigenvalue weighted by Crippen LogP contribution is -2.41. The Bertz CT molecular complexity index is 743. The molecule has 2 aromatic rings. The molecule has 2 amide bonds. The normalized spacial score (nSPS) is 15.0. The van der Waals surface area contributed by atoms with Crippen LogP contribution in [-0.4, -0.2) is 41.3 Å². The molecule has 0 atom stereocenters. The van der Waals surface area contributed by atoms with Crippen molar-refractivity contribution in [2.75, 3.05) is 19.6 Å². The summed E-state index contributed by atoms with van der Waals surface area (Å²) < 4.78 is 0.891. The SMILES string of the molecule is O=C(NCC1CCN(C(=O)c2cccnc2)CC1)c1cccc(Br)c1. The number of carbonyl (C=O) groups excluding carboxylic acids is 2. The quantitative estimate of drug-likeness (QED) is 0.855. The van der Waals surface area contributed by atoms with Crippen molar-refractivity contribution >= 4 is 27.7 Å². The van der Waals surface area contributed by atoms with Gasteiger partial charge in [-0.2, -0.15) is 0 Å². The lowest BCUT2D eigenvalue weighted by atomic mass is 9.96. The first-order valence-electron chi connectivity index (χ1n) is 8.36. The highest BCUT2D eigenvalue weighted by Crippen LogP contribution is 2.19. The van der Waals surface area contributed by atoms with Crippen molar-refractivity contribution in [3.05, 3.63) is 64.4 Å². The number of carbonyl (C=O) groups is 2. The Morgan fingerprint density at radius 3 is 2.60 bits per heavy atom. The lowest BCUT2D eigenvalue weighted by molar-refractivity contribution is 0.0684. The lowest BCUT2D eigenvalue weighted by Gasteiger charge is -2.32. The monoisotopic (exact) mass is 401 g/mol. The maximum atomic E-state index is 12.4. The van der Waals surface area contributed by atoms with E-state index in [4.69, 9.17) is 0 Å². The first-order valence-corrected chi connectivity index (χ1v) is 9.16. The number of hydrogen-bond donors (Lipinski definition) is 1. The van der Waals surface area contributed by atoms with Gasteiger partial charge in [-0.1, -0.05) is 22.0 Å². The third kappa shape index (κ3) is 4.66. The molecule has 0 spiro atoms. The van der Waals surface area contributed by atoms with Crippen molar-refractivity contribution < 1.29 is 9.59 Å². The summed E-state index contributed by atoms with van der Waals surface area (Å²) >= 11 is 3.38. The summed E-state index contributed by atoms with van der Waals surface area (Å²) in [5.41, 5.74) is 1.28. The fraction of sp³-hybridized carbons (Fsp3) is 0.316. The minimum absolute atomic E-state index is 0.0321. The summed E-state index contributed by atoms with van der Waals surface area (Å²) in [6, 6.07) is 10.9. The van der Waals surface area contributed by atoms with E-state index in [1.807, 2.05) is 23.1 Å². The molecule has 1 aliphatic heterocycles. The number of likely N-dealkylation sites (tertiary alicyclic amines) is 1. The van der Waals surface area contributed by atoms with E-state index < -0.39 is 0 Å². The van der Waals surface area contributed by atoms with Gasteiger partial charge in [-0.15, -0.1) is 0 Å². The molecule has 1 N–H and O–H groups in total. The molecule has 1 saturated heterocycles. The Kier molecular flexibility index (Phi) is 5.81. The molecule has 0 saturated carbocycles. The third-order valence-electron chi connectivity index (χ3n) is 4.45. The van der Waals surface area contributed by atoms with Crippen LogP contribution in [0.15, 0.2) is 53.3 Å². The molecule has 1 fully saturated rings. The van der Waals surface area contributed by atoms with Gasteiger partial charge in [0, 0.05) is 42.1 Å². The minimum atomic E-state index is -0.0600. The summed E-state index contributed by atoms with van der Waals surface area (Å²) in [7, 11) is 0. The predicted molar refractivity (Wildman–Crippen MR) is 99.3 cm³/mol. The Labute approximate surface area is 155 Å². The number of hydrogen-bond acceptors (Lipinski definition) is 3. The molecule has 0 radical (unpaired) electrons. The van der Waals surface area contributed by atoms with Gasteiger partial charge in [-0.25, -0.2) is 0 Å². The van der Waals surface area contributed by atoms with Crippen LogP contribution in [0.25, 0.3) is 0 Å². The van der Waals surface area contributed by atoms with Crippen LogP contribution in [0.3, 0.4) is 0 Å². The second-order valence-corrected chi connectivity index (χ2v) is 7.11. The Morgan fingerprint density at radius 2 is 1.92 bits per heavy atom. The fourth-order valence-corrected chi connectivity index (χ4v) is 3.38. The van der Waals surface area contributed by atoms with Crippen LogP contribution in [-0.2, 0) is 0 Å². The average molecular weight is 402 g/mol. The predicted octanol–water partition coefficient (Wildman–Crippen LogP) is 3.13. The molecule has 1 aromatic carbocycles. The van der Waals surface area contributed by atoms with Gasteiger partial charge in [0.15, 0.2) is 0 Å². The Morgan fingerprint density at radius 1 is 1.16 bits per heavy atom. The van der Waals surface area contributed by atoms with Gasteiger partial charge in [0.05, 0.1) is 5.56 Å². The van der Waals surface area contributed by atoms with Gasteiger partial charge in [0.25, 0.3) is 11.8 Å². The van der Waals surface area contributed by atoms with Crippen molar-refractivity contribution in [1.82, 2.24) is 15.2 Å². The largest absolute Gasteiger partial charge is 0.352 e. The van der Waals surface area contributed by atoms with E-state index in [-0.39, 0.29) is 11.8 Å². The molecule has 2 heterocycles. The summed E-state index contributed by atoms with van der Waals surface area (Å²) in [5.74, 6) is 0.369. The molecule has 5 nitrogen and oxygen atoms in total. The van der Waals surface area contributed by atoms with Gasteiger partial charge in [-0.3, -0.25) is 14.6 Å². The number of pyridine rings is 1. The molecule has 25 heavy (non-hydrogen) atoms. The van der Waals surface area contributed by atoms with Gasteiger partial charge in [-0.05, 0) is 49.1 Å². The van der Waals surface area contributed by atoms with Crippen molar-refractivity contribution in [2.45, 2.75) is 12.8 Å². The molecule has 0 bridgehead atoms. The van der Waals surface area contributed by atoms with Gasteiger partial charge in [0.2, 0.25) is 0 Å². The molecular weight excluding hydrogens is 382 g/mol. The number of nitrogens with zero attached hydrogens (tertiary/aromatic N) is 2. The number of benzene rings is 1. The maximum Gasteiger partial charge on any atom is 0.255 e. The number of piperidine rings is 1. The van der Waals surface area contributed by atoms with Crippen LogP contribution in [0.2, 0.25) is 0 Å². The number of aromatic nitrogens is 1. The highest BCUT2D eigenvalue weighted by molar-refractivity contribution is 9.10. The molecule has 1 aliphatic rings. The summed E-state index contributed by atoms with van der Waals surface area (Å²) in [4.78, 5) is 30.5. The standard InChI is InChI=1S/C19H20BrN3O2/c20-17-5-1-3-15(11-17)18(24)22-12-14-6-9-23(10-7-14)19(25)16-4-2-8-21-13-16/h1-5,8,11,13-14H,6-7,9-10,12H2,(H,22,24). The van der Waals surface area contributed by atoms with Gasteiger partial charge >= 0.3 is 0 Å². The van der Waals surface area contributed by atoms with Crippen molar-refractivity contribution in [2.24, 2.45) is 5.92 Å². The summed E-state index contributed by atoms with van der Waals surface area (Å²) in [5, 5.41) is 3.00. The van der Waals surface area contributed by atoms with E-state index in [9.17, 15) is 9.59 Å². The molecule has 130 valence electrons. The van der Waals surface area contributed by atoms with Crippen LogP contribution in [0.5, 0.6) is 0 Å². The zero-order valence-corrected chi connectivity index (χ0v) is 15.4. The van der Waals surface area contributed by atoms with Crippen molar-refractivity contribution in [3.8, 4) is 0 Å². The van der Waals surface area contributed by atoms with Crippen LogP contribution >= 0.6 is 15.9 Å². The average Bonchev–Trinajstić information content (AvgIpc) is 2.66. The van der Waals surface area contributed by atoms with Crippen molar-refractivity contribution in [1.29, 1.82) is 0 Å². The first-order chi connectivity index (χ1) is 12.1. The number of rotatable bonds is 4. The summed E-state index contributed by atoms with van der Waals surface area (Å²) in [6.07, 6.45) is 5.05. The highest BCUT2D eigenvalue weighted by Gasteiger charge is 2.24. The van der Waals surface area contributed by atoms with E-state index in [2.05, 4.69) is 26.2 Å². The van der Waals surface area contributed by atoms with E-state index in [0.29, 0.717) is 36.7 Å². The van der Waals surface area contributed by atoms with Crippen LogP contribution in [0.1, 0.15) is 33.6 Å². The Hall–Kier alpha value is -2.21. The van der Waals surface area contributed by atoms with E-state index in [0.717, 1.165) is 17.3 Å². The second kappa shape index (κ2) is 8.25. The molecular formula is C19H20BrN3O2. The zero-order valence-electron chi connectivity index (χ0n) is 13.8. The zero-order chi connectivity index (χ0) is 17.6. The minimum Gasteiger partial charge on any atom is -0.352 e. The fourth-order valence-electron chi connectivity index (χ4n) is 2.98. The molecule has 1 aromatic heterocycles. The molecule has 0 aliphatic carbocycles. The van der Waals surface area contributed by atoms with Crippen LogP contribution in [0.4, 0.5) is 0 Å². The second-order valence-electron chi connectivity index (χ2n) is 6.20. The number of amides is 2. The van der Waals surface area contributed by atoms with E-state index >= 15 is 0 Å². The van der Waals surface area contributed by atoms with Crippen LogP contribution < -0.4 is 5.32 Å². The van der Waals surface area contributed by atoms with E-state index in [1.54, 1.807) is 30.6 Å². The molecule has 0 unspecified atom stereocenters. The van der Waals surface area contributed by atoms with Gasteiger partial charge in [0.1, 0.15) is 0 Å². The molecule has 3 rings (SSSR count). The summed E-state index contributed by atoms with van der Waals surface area (Å²) in [6.45, 7) is 2.07. The van der Waals surface area contributed by atoms with Crippen molar-refractivity contribution in [3.63, 3.8) is 0 Å². The highest BCUT2D eigenvalue weighted by atomic mass is 79.9. The van der Waals surface area contributed by atoms with Crippen LogP contribution in [0, 0.1) is 5.92 Å². The smallest absolute Gasteiger partial charge is 0.255 e.